The van der Waals surface area contributed by atoms with Gasteiger partial charge in [-0.05, 0) is 43.2 Å². The number of nitrogens with one attached hydrogen (secondary N) is 2. The second kappa shape index (κ2) is 7.04. The first-order valence-electron chi connectivity index (χ1n) is 7.65. The van der Waals surface area contributed by atoms with Crippen LogP contribution in [0.15, 0.2) is 51.8 Å². The van der Waals surface area contributed by atoms with Gasteiger partial charge in [-0.1, -0.05) is 34.1 Å². The number of sulfonamides is 1. The van der Waals surface area contributed by atoms with Crippen molar-refractivity contribution in [1.29, 1.82) is 0 Å². The molecule has 0 aliphatic rings. The molecular formula is C17H18BrN3O2S. The van der Waals surface area contributed by atoms with E-state index in [4.69, 9.17) is 0 Å². The van der Waals surface area contributed by atoms with E-state index in [1.54, 1.807) is 19.1 Å². The third kappa shape index (κ3) is 3.85. The highest BCUT2D eigenvalue weighted by Crippen LogP contribution is 2.20. The molecule has 0 saturated heterocycles. The Morgan fingerprint density at radius 2 is 2.00 bits per heavy atom. The average Bonchev–Trinajstić information content (AvgIpc) is 2.96. The number of rotatable bonds is 6. The van der Waals surface area contributed by atoms with Gasteiger partial charge in [-0.2, -0.15) is 0 Å². The molecule has 0 aliphatic heterocycles. The van der Waals surface area contributed by atoms with Crippen molar-refractivity contribution in [3.05, 3.63) is 58.3 Å². The first-order chi connectivity index (χ1) is 11.5. The number of aromatic nitrogens is 2. The summed E-state index contributed by atoms with van der Waals surface area (Å²) in [6, 6.07) is 13.1. The second-order valence-electron chi connectivity index (χ2n) is 5.61. The first-order valence-corrected chi connectivity index (χ1v) is 9.93. The van der Waals surface area contributed by atoms with E-state index in [9.17, 15) is 8.42 Å². The summed E-state index contributed by atoms with van der Waals surface area (Å²) in [6.07, 6.45) is 1.36. The lowest BCUT2D eigenvalue weighted by atomic mass is 10.2. The lowest BCUT2D eigenvalue weighted by molar-refractivity contribution is 0.577. The number of benzene rings is 2. The number of imidazole rings is 1. The maximum absolute atomic E-state index is 12.4. The summed E-state index contributed by atoms with van der Waals surface area (Å²) in [5, 5.41) is 0. The summed E-state index contributed by atoms with van der Waals surface area (Å²) in [7, 11) is -3.50. The van der Waals surface area contributed by atoms with E-state index in [1.807, 2.05) is 30.3 Å². The Morgan fingerprint density at radius 3 is 2.79 bits per heavy atom. The molecule has 3 rings (SSSR count). The SMILES string of the molecule is Cc1ccc(Br)cc1S(=O)(=O)NCCCc1nc2ccccc2[nH]1. The summed E-state index contributed by atoms with van der Waals surface area (Å²) in [6.45, 7) is 2.15. The molecule has 1 aromatic heterocycles. The van der Waals surface area contributed by atoms with E-state index in [-0.39, 0.29) is 0 Å². The van der Waals surface area contributed by atoms with Gasteiger partial charge in [0.25, 0.3) is 0 Å². The van der Waals surface area contributed by atoms with Crippen molar-refractivity contribution in [2.24, 2.45) is 0 Å². The van der Waals surface area contributed by atoms with Crippen LogP contribution in [-0.2, 0) is 16.4 Å². The molecule has 3 aromatic rings. The molecule has 0 amide bonds. The maximum atomic E-state index is 12.4. The largest absolute Gasteiger partial charge is 0.342 e. The Balaban J connectivity index is 1.60. The van der Waals surface area contributed by atoms with Crippen LogP contribution in [0.5, 0.6) is 0 Å². The molecule has 2 aromatic carbocycles. The maximum Gasteiger partial charge on any atom is 0.240 e. The molecule has 0 radical (unpaired) electrons. The molecule has 1 heterocycles. The molecule has 0 fully saturated rings. The molecule has 126 valence electrons. The summed E-state index contributed by atoms with van der Waals surface area (Å²) < 4.78 is 28.2. The zero-order valence-electron chi connectivity index (χ0n) is 13.2. The minimum atomic E-state index is -3.50. The number of aromatic amines is 1. The number of fused-ring (bicyclic) bond motifs is 1. The monoisotopic (exact) mass is 407 g/mol. The van der Waals surface area contributed by atoms with Crippen molar-refractivity contribution < 1.29 is 8.42 Å². The number of halogens is 1. The molecule has 5 nitrogen and oxygen atoms in total. The van der Waals surface area contributed by atoms with Crippen molar-refractivity contribution >= 4 is 37.0 Å². The van der Waals surface area contributed by atoms with Crippen LogP contribution in [0.25, 0.3) is 11.0 Å². The van der Waals surface area contributed by atoms with Crippen LogP contribution in [0.2, 0.25) is 0 Å². The Kier molecular flexibility index (Phi) is 5.03. The molecule has 0 bridgehead atoms. The van der Waals surface area contributed by atoms with Crippen molar-refractivity contribution in [3.8, 4) is 0 Å². The van der Waals surface area contributed by atoms with Crippen molar-refractivity contribution in [3.63, 3.8) is 0 Å². The predicted molar refractivity (Wildman–Crippen MR) is 98.5 cm³/mol. The number of para-hydroxylation sites is 2. The van der Waals surface area contributed by atoms with Crippen LogP contribution >= 0.6 is 15.9 Å². The Morgan fingerprint density at radius 1 is 1.21 bits per heavy atom. The van der Waals surface area contributed by atoms with Gasteiger partial charge < -0.3 is 4.98 Å². The average molecular weight is 408 g/mol. The van der Waals surface area contributed by atoms with E-state index in [0.29, 0.717) is 24.3 Å². The summed E-state index contributed by atoms with van der Waals surface area (Å²) in [5.74, 6) is 0.869. The fourth-order valence-corrected chi connectivity index (χ4v) is 4.38. The number of H-pyrrole nitrogens is 1. The second-order valence-corrected chi connectivity index (χ2v) is 8.26. The highest BCUT2D eigenvalue weighted by molar-refractivity contribution is 9.10. The lowest BCUT2D eigenvalue weighted by Gasteiger charge is -2.09. The Hall–Kier alpha value is -1.70. The van der Waals surface area contributed by atoms with Crippen LogP contribution in [0.1, 0.15) is 17.8 Å². The number of hydrogen-bond acceptors (Lipinski definition) is 3. The third-order valence-electron chi connectivity index (χ3n) is 3.76. The Bertz CT molecular complexity index is 934. The van der Waals surface area contributed by atoms with E-state index in [0.717, 1.165) is 26.9 Å². The fourth-order valence-electron chi connectivity index (χ4n) is 2.53. The van der Waals surface area contributed by atoms with Crippen LogP contribution in [0.4, 0.5) is 0 Å². The van der Waals surface area contributed by atoms with Gasteiger partial charge >= 0.3 is 0 Å². The van der Waals surface area contributed by atoms with Gasteiger partial charge in [-0.15, -0.1) is 0 Å². The van der Waals surface area contributed by atoms with Gasteiger partial charge in [-0.25, -0.2) is 18.1 Å². The van der Waals surface area contributed by atoms with Crippen molar-refractivity contribution in [1.82, 2.24) is 14.7 Å². The van der Waals surface area contributed by atoms with Gasteiger partial charge in [0, 0.05) is 17.4 Å². The van der Waals surface area contributed by atoms with E-state index < -0.39 is 10.0 Å². The van der Waals surface area contributed by atoms with E-state index >= 15 is 0 Å². The number of nitrogens with zero attached hydrogens (tertiary/aromatic N) is 1. The highest BCUT2D eigenvalue weighted by atomic mass is 79.9. The van der Waals surface area contributed by atoms with Gasteiger partial charge in [0.05, 0.1) is 15.9 Å². The van der Waals surface area contributed by atoms with Crippen LogP contribution < -0.4 is 4.72 Å². The lowest BCUT2D eigenvalue weighted by Crippen LogP contribution is -2.25. The molecular weight excluding hydrogens is 390 g/mol. The van der Waals surface area contributed by atoms with Gasteiger partial charge in [0.15, 0.2) is 0 Å². The van der Waals surface area contributed by atoms with E-state index in [1.165, 1.54) is 0 Å². The molecule has 0 atom stereocenters. The number of aryl methyl sites for hydroxylation is 2. The standard InChI is InChI=1S/C17H18BrN3O2S/c1-12-8-9-13(18)11-16(12)24(22,23)19-10-4-7-17-20-14-5-2-3-6-15(14)21-17/h2-3,5-6,8-9,11,19H,4,7,10H2,1H3,(H,20,21). The zero-order valence-corrected chi connectivity index (χ0v) is 15.6. The zero-order chi connectivity index (χ0) is 17.2. The van der Waals surface area contributed by atoms with Gasteiger partial charge in [-0.3, -0.25) is 0 Å². The molecule has 0 saturated carbocycles. The molecule has 0 spiro atoms. The molecule has 7 heteroatoms. The summed E-state index contributed by atoms with van der Waals surface area (Å²) >= 11 is 3.31. The smallest absolute Gasteiger partial charge is 0.240 e. The summed E-state index contributed by atoms with van der Waals surface area (Å²) in [5.41, 5.74) is 2.65. The van der Waals surface area contributed by atoms with Crippen LogP contribution in [0.3, 0.4) is 0 Å². The molecule has 24 heavy (non-hydrogen) atoms. The normalized spacial score (nSPS) is 11.9. The quantitative estimate of drug-likeness (QED) is 0.613. The molecule has 2 N–H and O–H groups in total. The fraction of sp³-hybridized carbons (Fsp3) is 0.235. The topological polar surface area (TPSA) is 74.8 Å². The first kappa shape index (κ1) is 17.1. The van der Waals surface area contributed by atoms with Gasteiger partial charge in [0.1, 0.15) is 5.82 Å². The molecule has 0 unspecified atom stereocenters. The van der Waals surface area contributed by atoms with E-state index in [2.05, 4.69) is 30.6 Å². The van der Waals surface area contributed by atoms with Crippen molar-refractivity contribution in [2.75, 3.05) is 6.54 Å². The predicted octanol–water partition coefficient (Wildman–Crippen LogP) is 3.54. The van der Waals surface area contributed by atoms with Gasteiger partial charge in [0.2, 0.25) is 10.0 Å². The molecule has 0 aliphatic carbocycles. The Labute approximate surface area is 149 Å². The minimum absolute atomic E-state index is 0.306. The van der Waals surface area contributed by atoms with Crippen molar-refractivity contribution in [2.45, 2.75) is 24.7 Å². The minimum Gasteiger partial charge on any atom is -0.342 e. The third-order valence-corrected chi connectivity index (χ3v) is 5.86. The number of hydrogen-bond donors (Lipinski definition) is 2. The van der Waals surface area contributed by atoms with Crippen LogP contribution in [0, 0.1) is 6.92 Å². The summed E-state index contributed by atoms with van der Waals surface area (Å²) in [4.78, 5) is 8.04. The van der Waals surface area contributed by atoms with Crippen LogP contribution in [-0.4, -0.2) is 24.9 Å². The highest BCUT2D eigenvalue weighted by Gasteiger charge is 2.16.